The SMILES string of the molecule is CCNC(=NCc1ccc(COCC)cc1)NCC(c1ccco1)N1CCCC1.I. The van der Waals surface area contributed by atoms with Gasteiger partial charge in [-0.15, -0.1) is 24.0 Å². The van der Waals surface area contributed by atoms with Gasteiger partial charge in [-0.05, 0) is 63.0 Å². The van der Waals surface area contributed by atoms with Crippen LogP contribution in [0.1, 0.15) is 49.6 Å². The van der Waals surface area contributed by atoms with Crippen LogP contribution in [0, 0.1) is 0 Å². The van der Waals surface area contributed by atoms with E-state index in [0.29, 0.717) is 13.2 Å². The van der Waals surface area contributed by atoms with E-state index >= 15 is 0 Å². The van der Waals surface area contributed by atoms with Gasteiger partial charge in [0, 0.05) is 19.7 Å². The van der Waals surface area contributed by atoms with E-state index in [1.807, 2.05) is 13.0 Å². The summed E-state index contributed by atoms with van der Waals surface area (Å²) in [6.45, 7) is 9.97. The van der Waals surface area contributed by atoms with Gasteiger partial charge < -0.3 is 19.8 Å². The van der Waals surface area contributed by atoms with Crippen molar-refractivity contribution in [3.63, 3.8) is 0 Å². The smallest absolute Gasteiger partial charge is 0.191 e. The normalized spacial score (nSPS) is 15.6. The topological polar surface area (TPSA) is 62.0 Å². The van der Waals surface area contributed by atoms with Crippen molar-refractivity contribution in [3.8, 4) is 0 Å². The van der Waals surface area contributed by atoms with E-state index in [1.165, 1.54) is 24.0 Å². The molecule has 3 rings (SSSR count). The average molecular weight is 526 g/mol. The molecule has 1 fully saturated rings. The maximum absolute atomic E-state index is 5.72. The second kappa shape index (κ2) is 13.7. The van der Waals surface area contributed by atoms with Crippen molar-refractivity contribution >= 4 is 29.9 Å². The summed E-state index contributed by atoms with van der Waals surface area (Å²) in [5.74, 6) is 1.85. The van der Waals surface area contributed by atoms with Crippen LogP contribution in [0.3, 0.4) is 0 Å². The molecular formula is C23H35IN4O2. The molecule has 2 N–H and O–H groups in total. The predicted molar refractivity (Wildman–Crippen MR) is 132 cm³/mol. The van der Waals surface area contributed by atoms with Gasteiger partial charge in [0.05, 0.1) is 25.5 Å². The molecule has 166 valence electrons. The van der Waals surface area contributed by atoms with Gasteiger partial charge in [-0.2, -0.15) is 0 Å². The molecule has 1 aliphatic heterocycles. The minimum absolute atomic E-state index is 0. The molecule has 1 unspecified atom stereocenters. The fourth-order valence-corrected chi connectivity index (χ4v) is 3.61. The lowest BCUT2D eigenvalue weighted by Crippen LogP contribution is -2.42. The first-order chi connectivity index (χ1) is 14.3. The molecule has 0 saturated carbocycles. The van der Waals surface area contributed by atoms with Gasteiger partial charge in [0.2, 0.25) is 0 Å². The number of halogens is 1. The monoisotopic (exact) mass is 526 g/mol. The Morgan fingerprint density at radius 1 is 1.10 bits per heavy atom. The van der Waals surface area contributed by atoms with E-state index in [2.05, 4.69) is 52.8 Å². The molecule has 1 aromatic carbocycles. The Labute approximate surface area is 197 Å². The number of aliphatic imine (C=N–C) groups is 1. The van der Waals surface area contributed by atoms with Gasteiger partial charge in [-0.3, -0.25) is 4.90 Å². The maximum Gasteiger partial charge on any atom is 0.191 e. The first kappa shape index (κ1) is 24.7. The molecule has 0 aliphatic carbocycles. The quantitative estimate of drug-likeness (QED) is 0.274. The maximum atomic E-state index is 5.72. The lowest BCUT2D eigenvalue weighted by atomic mass is 10.1. The summed E-state index contributed by atoms with van der Waals surface area (Å²) in [4.78, 5) is 7.26. The van der Waals surface area contributed by atoms with E-state index in [9.17, 15) is 0 Å². The molecule has 0 spiro atoms. The minimum atomic E-state index is 0. The second-order valence-electron chi connectivity index (χ2n) is 7.30. The van der Waals surface area contributed by atoms with E-state index in [1.54, 1.807) is 6.26 Å². The second-order valence-corrected chi connectivity index (χ2v) is 7.30. The first-order valence-corrected chi connectivity index (χ1v) is 10.7. The predicted octanol–water partition coefficient (Wildman–Crippen LogP) is 4.33. The number of benzene rings is 1. The van der Waals surface area contributed by atoms with E-state index in [-0.39, 0.29) is 30.0 Å². The molecule has 0 radical (unpaired) electrons. The van der Waals surface area contributed by atoms with Crippen LogP contribution in [0.4, 0.5) is 0 Å². The van der Waals surface area contributed by atoms with Crippen LogP contribution in [0.5, 0.6) is 0 Å². The molecule has 0 bridgehead atoms. The third-order valence-electron chi connectivity index (χ3n) is 5.18. The van der Waals surface area contributed by atoms with Gasteiger partial charge >= 0.3 is 0 Å². The number of nitrogens with zero attached hydrogens (tertiary/aromatic N) is 2. The standard InChI is InChI=1S/C23H34N4O2.HI/c1-3-24-23(25-16-19-9-11-20(12-10-19)18-28-4-2)26-17-21(22-8-7-15-29-22)27-13-5-6-14-27;/h7-12,15,21H,3-6,13-14,16-18H2,1-2H3,(H2,24,25,26);1H. The summed E-state index contributed by atoms with van der Waals surface area (Å²) < 4.78 is 11.2. The van der Waals surface area contributed by atoms with Crippen molar-refractivity contribution in [2.45, 2.75) is 45.9 Å². The molecule has 1 saturated heterocycles. The number of ether oxygens (including phenoxy) is 1. The zero-order valence-electron chi connectivity index (χ0n) is 18.1. The Morgan fingerprint density at radius 3 is 2.47 bits per heavy atom. The zero-order valence-corrected chi connectivity index (χ0v) is 20.4. The van der Waals surface area contributed by atoms with Crippen LogP contribution < -0.4 is 10.6 Å². The zero-order chi connectivity index (χ0) is 20.3. The molecule has 2 aromatic rings. The van der Waals surface area contributed by atoms with Crippen LogP contribution >= 0.6 is 24.0 Å². The average Bonchev–Trinajstić information content (AvgIpc) is 3.46. The minimum Gasteiger partial charge on any atom is -0.468 e. The fraction of sp³-hybridized carbons (Fsp3) is 0.522. The van der Waals surface area contributed by atoms with Crippen molar-refractivity contribution in [1.82, 2.24) is 15.5 Å². The van der Waals surface area contributed by atoms with E-state index in [4.69, 9.17) is 14.1 Å². The van der Waals surface area contributed by atoms with Gasteiger partial charge in [-0.1, -0.05) is 24.3 Å². The summed E-state index contributed by atoms with van der Waals surface area (Å²) in [6.07, 6.45) is 4.27. The third-order valence-corrected chi connectivity index (χ3v) is 5.18. The summed E-state index contributed by atoms with van der Waals surface area (Å²) in [5, 5.41) is 6.87. The van der Waals surface area contributed by atoms with Crippen molar-refractivity contribution in [1.29, 1.82) is 0 Å². The summed E-state index contributed by atoms with van der Waals surface area (Å²) in [5.41, 5.74) is 2.38. The highest BCUT2D eigenvalue weighted by Gasteiger charge is 2.25. The van der Waals surface area contributed by atoms with Crippen molar-refractivity contribution in [2.75, 3.05) is 32.8 Å². The molecule has 1 aliphatic rings. The summed E-state index contributed by atoms with van der Waals surface area (Å²) >= 11 is 0. The Bertz CT molecular complexity index is 728. The fourth-order valence-electron chi connectivity index (χ4n) is 3.61. The van der Waals surface area contributed by atoms with Gasteiger partial charge in [0.1, 0.15) is 5.76 Å². The van der Waals surface area contributed by atoms with Gasteiger partial charge in [0.15, 0.2) is 5.96 Å². The summed E-state index contributed by atoms with van der Waals surface area (Å²) in [6, 6.07) is 12.7. The van der Waals surface area contributed by atoms with Crippen LogP contribution in [0.2, 0.25) is 0 Å². The number of furan rings is 1. The molecule has 1 aromatic heterocycles. The molecule has 6 nitrogen and oxygen atoms in total. The molecule has 30 heavy (non-hydrogen) atoms. The van der Waals surface area contributed by atoms with Gasteiger partial charge in [0.25, 0.3) is 0 Å². The van der Waals surface area contributed by atoms with Crippen LogP contribution in [0.25, 0.3) is 0 Å². The number of nitrogens with one attached hydrogen (secondary N) is 2. The highest BCUT2D eigenvalue weighted by molar-refractivity contribution is 14.0. The molecule has 1 atom stereocenters. The lowest BCUT2D eigenvalue weighted by molar-refractivity contribution is 0.134. The molecule has 0 amide bonds. The van der Waals surface area contributed by atoms with Crippen molar-refractivity contribution in [2.24, 2.45) is 4.99 Å². The Morgan fingerprint density at radius 2 is 1.83 bits per heavy atom. The number of hydrogen-bond acceptors (Lipinski definition) is 4. The Hall–Kier alpha value is -1.58. The third kappa shape index (κ3) is 7.59. The van der Waals surface area contributed by atoms with E-state index < -0.39 is 0 Å². The molecule has 2 heterocycles. The lowest BCUT2D eigenvalue weighted by Gasteiger charge is -2.26. The van der Waals surface area contributed by atoms with Gasteiger partial charge in [-0.25, -0.2) is 4.99 Å². The largest absolute Gasteiger partial charge is 0.468 e. The number of guanidine groups is 1. The van der Waals surface area contributed by atoms with Crippen LogP contribution in [0.15, 0.2) is 52.1 Å². The summed E-state index contributed by atoms with van der Waals surface area (Å²) in [7, 11) is 0. The highest BCUT2D eigenvalue weighted by atomic mass is 127. The number of hydrogen-bond donors (Lipinski definition) is 2. The Kier molecular flexibility index (Phi) is 11.2. The van der Waals surface area contributed by atoms with Crippen molar-refractivity contribution in [3.05, 3.63) is 59.5 Å². The van der Waals surface area contributed by atoms with Crippen molar-refractivity contribution < 1.29 is 9.15 Å². The first-order valence-electron chi connectivity index (χ1n) is 10.7. The number of rotatable bonds is 10. The molecule has 7 heteroatoms. The van der Waals surface area contributed by atoms with Crippen LogP contribution in [-0.2, 0) is 17.9 Å². The Balaban J connectivity index is 0.00000320. The van der Waals surface area contributed by atoms with E-state index in [0.717, 1.165) is 44.5 Å². The molecular weight excluding hydrogens is 491 g/mol. The van der Waals surface area contributed by atoms with Crippen LogP contribution in [-0.4, -0.2) is 43.6 Å². The number of likely N-dealkylation sites (tertiary alicyclic amines) is 1. The highest BCUT2D eigenvalue weighted by Crippen LogP contribution is 2.24.